The van der Waals surface area contributed by atoms with Gasteiger partial charge in [-0.25, -0.2) is 9.78 Å². The third-order valence-corrected chi connectivity index (χ3v) is 6.25. The van der Waals surface area contributed by atoms with E-state index in [9.17, 15) is 9.90 Å². The number of rotatable bonds is 4. The van der Waals surface area contributed by atoms with Crippen molar-refractivity contribution in [1.29, 1.82) is 0 Å². The van der Waals surface area contributed by atoms with E-state index in [0.717, 1.165) is 31.0 Å². The van der Waals surface area contributed by atoms with Gasteiger partial charge in [0.2, 0.25) is 0 Å². The van der Waals surface area contributed by atoms with Gasteiger partial charge >= 0.3 is 5.97 Å². The number of carbonyl (C=O) groups excluding carboxylic acids is 1. The second kappa shape index (κ2) is 7.60. The standard InChI is InChI=1S/C22H24N4O4/c1-29-22(28)14-3-2-4-17(7-14)30-19-9-16-13-25(12-15(16)8-18(19)27)21-11-23-10-20-24-5-6-26(20)21/h2-7,10-11,15-16,18-19,27H,8-9,12-13H2,1H3/t15-,16+,18+,19+/m0/s1. The zero-order valence-corrected chi connectivity index (χ0v) is 16.7. The highest BCUT2D eigenvalue weighted by molar-refractivity contribution is 5.89. The number of aromatic nitrogens is 3. The van der Waals surface area contributed by atoms with E-state index in [2.05, 4.69) is 14.9 Å². The number of anilines is 1. The average Bonchev–Trinajstić information content (AvgIpc) is 3.40. The molecule has 0 unspecified atom stereocenters. The van der Waals surface area contributed by atoms with Gasteiger partial charge in [0.15, 0.2) is 5.65 Å². The summed E-state index contributed by atoms with van der Waals surface area (Å²) in [6.07, 6.45) is 7.95. The van der Waals surface area contributed by atoms with E-state index in [1.807, 2.05) is 16.8 Å². The number of aliphatic hydroxyl groups excluding tert-OH is 1. The molecule has 30 heavy (non-hydrogen) atoms. The van der Waals surface area contributed by atoms with Gasteiger partial charge in [0.05, 0.1) is 31.2 Å². The Morgan fingerprint density at radius 1 is 1.20 bits per heavy atom. The predicted octanol–water partition coefficient (Wildman–Crippen LogP) is 2.17. The lowest BCUT2D eigenvalue weighted by Crippen LogP contribution is -2.42. The van der Waals surface area contributed by atoms with Gasteiger partial charge in [-0.05, 0) is 42.9 Å². The fourth-order valence-electron chi connectivity index (χ4n) is 4.76. The summed E-state index contributed by atoms with van der Waals surface area (Å²) >= 11 is 0. The topological polar surface area (TPSA) is 89.2 Å². The molecule has 0 amide bonds. The number of benzene rings is 1. The number of aliphatic hydroxyl groups is 1. The van der Waals surface area contributed by atoms with Crippen LogP contribution in [0.3, 0.4) is 0 Å². The molecular formula is C22H24N4O4. The highest BCUT2D eigenvalue weighted by Crippen LogP contribution is 2.39. The molecule has 156 valence electrons. The molecule has 1 saturated carbocycles. The van der Waals surface area contributed by atoms with Crippen LogP contribution in [0, 0.1) is 11.8 Å². The Balaban J connectivity index is 1.31. The molecule has 0 bridgehead atoms. The molecule has 4 atom stereocenters. The van der Waals surface area contributed by atoms with Crippen LogP contribution >= 0.6 is 0 Å². The molecule has 1 N–H and O–H groups in total. The number of fused-ring (bicyclic) bond motifs is 2. The number of imidazole rings is 1. The Morgan fingerprint density at radius 2 is 2.03 bits per heavy atom. The van der Waals surface area contributed by atoms with Crippen molar-refractivity contribution in [2.24, 2.45) is 11.8 Å². The van der Waals surface area contributed by atoms with Crippen molar-refractivity contribution in [3.63, 3.8) is 0 Å². The van der Waals surface area contributed by atoms with Crippen LogP contribution in [0.25, 0.3) is 5.65 Å². The Morgan fingerprint density at radius 3 is 2.87 bits per heavy atom. The van der Waals surface area contributed by atoms with E-state index in [0.29, 0.717) is 29.6 Å². The zero-order valence-electron chi connectivity index (χ0n) is 16.7. The molecule has 0 radical (unpaired) electrons. The SMILES string of the molecule is COC(=O)c1cccc(O[C@@H]2C[C@@H]3CN(c4cncc5nccn45)C[C@@H]3C[C@H]2O)c1. The highest BCUT2D eigenvalue weighted by Gasteiger charge is 2.43. The van der Waals surface area contributed by atoms with Crippen LogP contribution in [0.2, 0.25) is 0 Å². The maximum atomic E-state index is 11.8. The Bertz CT molecular complexity index is 1070. The van der Waals surface area contributed by atoms with Crippen LogP contribution in [0.5, 0.6) is 5.75 Å². The summed E-state index contributed by atoms with van der Waals surface area (Å²) < 4.78 is 12.9. The molecule has 1 aliphatic carbocycles. The van der Waals surface area contributed by atoms with Gasteiger partial charge in [-0.15, -0.1) is 0 Å². The first kappa shape index (κ1) is 18.9. The minimum Gasteiger partial charge on any atom is -0.488 e. The van der Waals surface area contributed by atoms with Crippen LogP contribution in [0.1, 0.15) is 23.2 Å². The average molecular weight is 408 g/mol. The molecular weight excluding hydrogens is 384 g/mol. The van der Waals surface area contributed by atoms with Crippen molar-refractivity contribution < 1.29 is 19.4 Å². The minimum atomic E-state index is -0.546. The fraction of sp³-hybridized carbons (Fsp3) is 0.409. The normalized spacial score (nSPS) is 25.9. The van der Waals surface area contributed by atoms with Gasteiger partial charge in [0.25, 0.3) is 0 Å². The molecule has 0 spiro atoms. The van der Waals surface area contributed by atoms with E-state index >= 15 is 0 Å². The van der Waals surface area contributed by atoms with Crippen molar-refractivity contribution in [2.75, 3.05) is 25.1 Å². The van der Waals surface area contributed by atoms with Crippen molar-refractivity contribution >= 4 is 17.4 Å². The monoisotopic (exact) mass is 408 g/mol. The van der Waals surface area contributed by atoms with E-state index in [4.69, 9.17) is 9.47 Å². The largest absolute Gasteiger partial charge is 0.488 e. The lowest BCUT2D eigenvalue weighted by Gasteiger charge is -2.35. The third-order valence-electron chi connectivity index (χ3n) is 6.25. The van der Waals surface area contributed by atoms with Gasteiger partial charge in [-0.2, -0.15) is 0 Å². The molecule has 3 aromatic rings. The summed E-state index contributed by atoms with van der Waals surface area (Å²) in [4.78, 5) is 22.7. The third kappa shape index (κ3) is 3.37. The second-order valence-corrected chi connectivity index (χ2v) is 8.06. The molecule has 8 nitrogen and oxygen atoms in total. The van der Waals surface area contributed by atoms with Gasteiger partial charge in [-0.3, -0.25) is 9.38 Å². The first-order valence-corrected chi connectivity index (χ1v) is 10.2. The van der Waals surface area contributed by atoms with Crippen molar-refractivity contribution in [3.05, 3.63) is 54.6 Å². The predicted molar refractivity (Wildman–Crippen MR) is 110 cm³/mol. The number of esters is 1. The Labute approximate surface area is 174 Å². The molecule has 3 heterocycles. The summed E-state index contributed by atoms with van der Waals surface area (Å²) in [6.45, 7) is 1.77. The smallest absolute Gasteiger partial charge is 0.337 e. The van der Waals surface area contributed by atoms with Crippen LogP contribution in [-0.2, 0) is 4.74 Å². The fourth-order valence-corrected chi connectivity index (χ4v) is 4.76. The quantitative estimate of drug-likeness (QED) is 0.662. The van der Waals surface area contributed by atoms with Gasteiger partial charge in [-0.1, -0.05) is 6.07 Å². The summed E-state index contributed by atoms with van der Waals surface area (Å²) in [5.41, 5.74) is 1.26. The molecule has 1 aromatic carbocycles. The van der Waals surface area contributed by atoms with Crippen LogP contribution in [0.15, 0.2) is 49.1 Å². The zero-order chi connectivity index (χ0) is 20.7. The van der Waals surface area contributed by atoms with Gasteiger partial charge in [0, 0.05) is 25.5 Å². The molecule has 2 aliphatic rings. The maximum absolute atomic E-state index is 11.8. The lowest BCUT2D eigenvalue weighted by atomic mass is 9.78. The molecule has 1 saturated heterocycles. The van der Waals surface area contributed by atoms with Crippen LogP contribution in [0.4, 0.5) is 5.82 Å². The summed E-state index contributed by atoms with van der Waals surface area (Å²) in [7, 11) is 1.35. The molecule has 1 aliphatic heterocycles. The van der Waals surface area contributed by atoms with Crippen molar-refractivity contribution in [2.45, 2.75) is 25.0 Å². The van der Waals surface area contributed by atoms with Crippen molar-refractivity contribution in [3.8, 4) is 5.75 Å². The second-order valence-electron chi connectivity index (χ2n) is 8.06. The lowest BCUT2D eigenvalue weighted by molar-refractivity contribution is -0.0231. The van der Waals surface area contributed by atoms with Gasteiger partial charge in [0.1, 0.15) is 17.7 Å². The first-order valence-electron chi connectivity index (χ1n) is 10.2. The number of carbonyl (C=O) groups is 1. The number of hydrogen-bond acceptors (Lipinski definition) is 7. The maximum Gasteiger partial charge on any atom is 0.337 e. The van der Waals surface area contributed by atoms with E-state index in [-0.39, 0.29) is 6.10 Å². The Kier molecular flexibility index (Phi) is 4.78. The Hall–Kier alpha value is -3.13. The summed E-state index contributed by atoms with van der Waals surface area (Å²) in [5.74, 6) is 2.01. The molecule has 8 heteroatoms. The minimum absolute atomic E-state index is 0.304. The number of nitrogens with zero attached hydrogens (tertiary/aromatic N) is 4. The summed E-state index contributed by atoms with van der Waals surface area (Å²) in [5, 5.41) is 10.7. The van der Waals surface area contributed by atoms with E-state index < -0.39 is 12.1 Å². The highest BCUT2D eigenvalue weighted by atomic mass is 16.5. The molecule has 2 aromatic heterocycles. The summed E-state index contributed by atoms with van der Waals surface area (Å²) in [6, 6.07) is 6.91. The molecule has 2 fully saturated rings. The molecule has 5 rings (SSSR count). The van der Waals surface area contributed by atoms with E-state index in [1.54, 1.807) is 36.7 Å². The van der Waals surface area contributed by atoms with Crippen molar-refractivity contribution in [1.82, 2.24) is 14.4 Å². The number of ether oxygens (including phenoxy) is 2. The van der Waals surface area contributed by atoms with Crippen LogP contribution < -0.4 is 9.64 Å². The number of methoxy groups -OCH3 is 1. The first-order chi connectivity index (χ1) is 14.6. The van der Waals surface area contributed by atoms with Gasteiger partial charge < -0.3 is 19.5 Å². The number of hydrogen-bond donors (Lipinski definition) is 1. The van der Waals surface area contributed by atoms with Crippen LogP contribution in [-0.4, -0.2) is 57.9 Å². The van der Waals surface area contributed by atoms with E-state index in [1.165, 1.54) is 7.11 Å².